The summed E-state index contributed by atoms with van der Waals surface area (Å²) in [5.74, 6) is 0. The highest BCUT2D eigenvalue weighted by molar-refractivity contribution is 6.11. The molecule has 2 aromatic heterocycles. The molecule has 0 saturated carbocycles. The Labute approximate surface area is 277 Å². The van der Waals surface area contributed by atoms with E-state index < -0.39 is 0 Å². The van der Waals surface area contributed by atoms with Crippen molar-refractivity contribution in [1.29, 1.82) is 5.26 Å². The van der Waals surface area contributed by atoms with Gasteiger partial charge in [-0.25, -0.2) is 4.85 Å². The highest BCUT2D eigenvalue weighted by Crippen LogP contribution is 2.38. The van der Waals surface area contributed by atoms with E-state index in [-0.39, 0.29) is 0 Å². The van der Waals surface area contributed by atoms with E-state index in [0.717, 1.165) is 49.9 Å². The number of fused-ring (bicyclic) bond motifs is 6. The lowest BCUT2D eigenvalue weighted by molar-refractivity contribution is 1.18. The van der Waals surface area contributed by atoms with Gasteiger partial charge in [0.2, 0.25) is 5.69 Å². The van der Waals surface area contributed by atoms with E-state index in [1.54, 1.807) is 6.07 Å². The fourth-order valence-electron chi connectivity index (χ4n) is 7.14. The van der Waals surface area contributed by atoms with Crippen LogP contribution in [-0.4, -0.2) is 9.13 Å². The van der Waals surface area contributed by atoms with Crippen molar-refractivity contribution < 1.29 is 0 Å². The second-order valence-electron chi connectivity index (χ2n) is 12.0. The highest BCUT2D eigenvalue weighted by Gasteiger charge is 2.16. The standard InChI is InChI=1S/C44H26N4/c1-46-40-23-21-35(25-33(40)28-45)48-41-13-7-5-11-36(41)38-22-19-32(27-44(38)48)30-17-15-29(16-18-30)31-20-24-43-39(26-31)37-12-6-8-14-42(37)47(43)34-9-3-2-4-10-34/h2-27H. The summed E-state index contributed by atoms with van der Waals surface area (Å²) in [5.41, 5.74) is 11.8. The lowest BCUT2D eigenvalue weighted by atomic mass is 9.98. The third-order valence-electron chi connectivity index (χ3n) is 9.39. The maximum Gasteiger partial charge on any atom is 0.204 e. The number of para-hydroxylation sites is 3. The van der Waals surface area contributed by atoms with Crippen molar-refractivity contribution in [3.8, 4) is 39.7 Å². The van der Waals surface area contributed by atoms with Gasteiger partial charge < -0.3 is 9.13 Å². The largest absolute Gasteiger partial charge is 0.309 e. The summed E-state index contributed by atoms with van der Waals surface area (Å²) >= 11 is 0. The van der Waals surface area contributed by atoms with Gasteiger partial charge in [0.1, 0.15) is 0 Å². The number of rotatable bonds is 4. The zero-order valence-electron chi connectivity index (χ0n) is 25.8. The fourth-order valence-corrected chi connectivity index (χ4v) is 7.14. The van der Waals surface area contributed by atoms with Crippen molar-refractivity contribution in [2.75, 3.05) is 0 Å². The first-order valence-electron chi connectivity index (χ1n) is 15.9. The van der Waals surface area contributed by atoms with Crippen LogP contribution in [-0.2, 0) is 0 Å². The van der Waals surface area contributed by atoms with Gasteiger partial charge in [-0.05, 0) is 76.9 Å². The summed E-state index contributed by atoms with van der Waals surface area (Å²) in [7, 11) is 0. The minimum absolute atomic E-state index is 0.365. The number of hydrogen-bond donors (Lipinski definition) is 0. The average molecular weight is 611 g/mol. The summed E-state index contributed by atoms with van der Waals surface area (Å²) in [6, 6.07) is 57.3. The molecule has 9 aromatic rings. The molecule has 0 saturated heterocycles. The first-order valence-corrected chi connectivity index (χ1v) is 15.9. The Morgan fingerprint density at radius 1 is 0.438 bits per heavy atom. The molecule has 48 heavy (non-hydrogen) atoms. The van der Waals surface area contributed by atoms with Gasteiger partial charge in [0.15, 0.2) is 0 Å². The third-order valence-corrected chi connectivity index (χ3v) is 9.39. The highest BCUT2D eigenvalue weighted by atomic mass is 15.0. The van der Waals surface area contributed by atoms with E-state index in [0.29, 0.717) is 11.3 Å². The predicted molar refractivity (Wildman–Crippen MR) is 197 cm³/mol. The van der Waals surface area contributed by atoms with Crippen LogP contribution in [0.25, 0.3) is 82.1 Å². The normalized spacial score (nSPS) is 11.3. The molecule has 0 amide bonds. The molecule has 0 radical (unpaired) electrons. The molecule has 9 rings (SSSR count). The number of aromatic nitrogens is 2. The number of nitriles is 1. The van der Waals surface area contributed by atoms with Gasteiger partial charge in [0, 0.05) is 32.9 Å². The minimum atomic E-state index is 0.365. The fraction of sp³-hybridized carbons (Fsp3) is 0. The Bertz CT molecular complexity index is 2790. The molecule has 4 heteroatoms. The first-order chi connectivity index (χ1) is 23.7. The molecule has 0 aliphatic heterocycles. The molecule has 4 nitrogen and oxygen atoms in total. The van der Waals surface area contributed by atoms with Gasteiger partial charge in [-0.3, -0.25) is 0 Å². The van der Waals surface area contributed by atoms with Crippen molar-refractivity contribution in [3.63, 3.8) is 0 Å². The maximum absolute atomic E-state index is 9.74. The van der Waals surface area contributed by atoms with Crippen LogP contribution in [0, 0.1) is 17.9 Å². The van der Waals surface area contributed by atoms with Gasteiger partial charge in [-0.1, -0.05) is 103 Å². The van der Waals surface area contributed by atoms with Crippen LogP contribution in [0.4, 0.5) is 5.69 Å². The van der Waals surface area contributed by atoms with E-state index >= 15 is 0 Å². The predicted octanol–water partition coefficient (Wildman–Crippen LogP) is 11.6. The monoisotopic (exact) mass is 610 g/mol. The molecule has 222 valence electrons. The summed E-state index contributed by atoms with van der Waals surface area (Å²) < 4.78 is 4.53. The van der Waals surface area contributed by atoms with E-state index in [2.05, 4.69) is 154 Å². The van der Waals surface area contributed by atoms with Crippen molar-refractivity contribution in [3.05, 3.63) is 175 Å². The van der Waals surface area contributed by atoms with Crippen LogP contribution < -0.4 is 0 Å². The molecule has 0 unspecified atom stereocenters. The Morgan fingerprint density at radius 2 is 0.979 bits per heavy atom. The maximum atomic E-state index is 9.74. The second-order valence-corrected chi connectivity index (χ2v) is 12.0. The number of hydrogen-bond acceptors (Lipinski definition) is 1. The Hall–Kier alpha value is -6.88. The summed E-state index contributed by atoms with van der Waals surface area (Å²) in [4.78, 5) is 3.53. The van der Waals surface area contributed by atoms with Crippen LogP contribution in [0.2, 0.25) is 0 Å². The van der Waals surface area contributed by atoms with Crippen molar-refractivity contribution in [2.24, 2.45) is 0 Å². The van der Waals surface area contributed by atoms with Crippen molar-refractivity contribution >= 4 is 49.3 Å². The summed E-state index contributed by atoms with van der Waals surface area (Å²) in [5, 5.41) is 14.5. The Balaban J connectivity index is 1.14. The third kappa shape index (κ3) is 4.22. The van der Waals surface area contributed by atoms with E-state index in [1.165, 1.54) is 27.4 Å². The molecular formula is C44H26N4. The smallest absolute Gasteiger partial charge is 0.204 e. The van der Waals surface area contributed by atoms with Crippen molar-refractivity contribution in [2.45, 2.75) is 0 Å². The van der Waals surface area contributed by atoms with E-state index in [9.17, 15) is 5.26 Å². The van der Waals surface area contributed by atoms with Crippen LogP contribution in [0.1, 0.15) is 5.56 Å². The topological polar surface area (TPSA) is 38.0 Å². The van der Waals surface area contributed by atoms with Gasteiger partial charge >= 0.3 is 0 Å². The quantitative estimate of drug-likeness (QED) is 0.183. The van der Waals surface area contributed by atoms with Crippen LogP contribution in [0.5, 0.6) is 0 Å². The molecule has 2 heterocycles. The van der Waals surface area contributed by atoms with E-state index in [4.69, 9.17) is 6.57 Å². The number of nitrogens with zero attached hydrogens (tertiary/aromatic N) is 4. The van der Waals surface area contributed by atoms with Crippen LogP contribution >= 0.6 is 0 Å². The van der Waals surface area contributed by atoms with Crippen molar-refractivity contribution in [1.82, 2.24) is 9.13 Å². The van der Waals surface area contributed by atoms with E-state index in [1.807, 2.05) is 18.2 Å². The molecule has 0 atom stereocenters. The van der Waals surface area contributed by atoms with Crippen LogP contribution in [0.15, 0.2) is 158 Å². The molecule has 7 aromatic carbocycles. The molecule has 0 bridgehead atoms. The molecular weight excluding hydrogens is 585 g/mol. The van der Waals surface area contributed by atoms with Gasteiger partial charge in [-0.15, -0.1) is 0 Å². The Morgan fingerprint density at radius 3 is 1.67 bits per heavy atom. The lowest BCUT2D eigenvalue weighted by Crippen LogP contribution is -1.95. The molecule has 0 aliphatic rings. The number of benzene rings is 7. The van der Waals surface area contributed by atoms with Gasteiger partial charge in [0.05, 0.1) is 40.3 Å². The first kappa shape index (κ1) is 27.4. The molecule has 0 aliphatic carbocycles. The van der Waals surface area contributed by atoms with Crippen LogP contribution in [0.3, 0.4) is 0 Å². The molecule has 0 fully saturated rings. The summed E-state index contributed by atoms with van der Waals surface area (Å²) in [6.07, 6.45) is 0. The summed E-state index contributed by atoms with van der Waals surface area (Å²) in [6.45, 7) is 7.46. The average Bonchev–Trinajstić information content (AvgIpc) is 3.67. The van der Waals surface area contributed by atoms with Gasteiger partial charge in [0.25, 0.3) is 0 Å². The second kappa shape index (κ2) is 10.9. The zero-order chi connectivity index (χ0) is 32.2. The van der Waals surface area contributed by atoms with Gasteiger partial charge in [-0.2, -0.15) is 5.26 Å². The lowest BCUT2D eigenvalue weighted by Gasteiger charge is -2.11. The zero-order valence-corrected chi connectivity index (χ0v) is 25.8. The molecule has 0 N–H and O–H groups in total. The molecule has 0 spiro atoms. The minimum Gasteiger partial charge on any atom is -0.309 e. The SMILES string of the molecule is [C-]#[N+]c1ccc(-n2c3ccccc3c3ccc(-c4ccc(-c5ccc6c(c5)c5ccccc5n6-c5ccccc5)cc4)cc32)cc1C#N. The Kier molecular flexibility index (Phi) is 6.22.